The van der Waals surface area contributed by atoms with Gasteiger partial charge in [0.05, 0.1) is 17.8 Å². The third-order valence-corrected chi connectivity index (χ3v) is 2.47. The molecule has 0 aliphatic carbocycles. The van der Waals surface area contributed by atoms with E-state index in [1.54, 1.807) is 12.2 Å². The van der Waals surface area contributed by atoms with Crippen LogP contribution in [0.15, 0.2) is 43.6 Å². The molecular weight excluding hydrogens is 258 g/mol. The average molecular weight is 275 g/mol. The first-order chi connectivity index (χ1) is 9.58. The number of urea groups is 1. The van der Waals surface area contributed by atoms with Crippen LogP contribution in [0, 0.1) is 0 Å². The lowest BCUT2D eigenvalue weighted by Gasteiger charge is -2.19. The normalized spacial score (nSPS) is 9.60. The van der Waals surface area contributed by atoms with Crippen LogP contribution in [0.4, 0.5) is 4.79 Å². The Balaban J connectivity index is 2.63. The van der Waals surface area contributed by atoms with Gasteiger partial charge < -0.3 is 15.3 Å². The predicted molar refractivity (Wildman–Crippen MR) is 75.4 cm³/mol. The second kappa shape index (κ2) is 7.73. The largest absolute Gasteiger partial charge is 0.478 e. The Hall–Kier alpha value is -2.63. The third-order valence-electron chi connectivity index (χ3n) is 2.47. The average Bonchev–Trinajstić information content (AvgIpc) is 2.45. The van der Waals surface area contributed by atoms with Crippen LogP contribution in [0.5, 0.6) is 0 Å². The molecule has 0 spiro atoms. The van der Waals surface area contributed by atoms with Gasteiger partial charge in [-0.05, 0) is 12.1 Å². The summed E-state index contributed by atoms with van der Waals surface area (Å²) in [5.74, 6) is -1.03. The number of carboxylic acids is 1. The maximum atomic E-state index is 11.9. The topological polar surface area (TPSA) is 82.5 Å². The van der Waals surface area contributed by atoms with Crippen LogP contribution in [-0.4, -0.2) is 40.1 Å². The minimum atomic E-state index is -1.03. The molecule has 0 fully saturated rings. The highest BCUT2D eigenvalue weighted by molar-refractivity contribution is 5.87. The van der Waals surface area contributed by atoms with Crippen molar-refractivity contribution in [3.63, 3.8) is 0 Å². The minimum Gasteiger partial charge on any atom is -0.478 e. The van der Waals surface area contributed by atoms with Gasteiger partial charge >= 0.3 is 12.0 Å². The van der Waals surface area contributed by atoms with Crippen molar-refractivity contribution in [3.05, 3.63) is 54.9 Å². The number of aromatic nitrogens is 1. The molecular formula is C14H17N3O3. The summed E-state index contributed by atoms with van der Waals surface area (Å²) in [4.78, 5) is 28.2. The standard InChI is InChI=1S/C14H17N3O3/c1-3-7-17(8-4-2)14(20)16-10-12-9-11(13(18)19)5-6-15-12/h3-6,9H,1-2,7-8,10H2,(H,16,20)(H,18,19). The van der Waals surface area contributed by atoms with Crippen LogP contribution in [0.2, 0.25) is 0 Å². The van der Waals surface area contributed by atoms with Gasteiger partial charge in [-0.25, -0.2) is 9.59 Å². The molecule has 0 aromatic carbocycles. The van der Waals surface area contributed by atoms with Gasteiger partial charge in [-0.2, -0.15) is 0 Å². The van der Waals surface area contributed by atoms with E-state index in [9.17, 15) is 9.59 Å². The van der Waals surface area contributed by atoms with E-state index in [2.05, 4.69) is 23.5 Å². The van der Waals surface area contributed by atoms with Crippen molar-refractivity contribution in [2.75, 3.05) is 13.1 Å². The number of hydrogen-bond acceptors (Lipinski definition) is 3. The zero-order chi connectivity index (χ0) is 15.0. The predicted octanol–water partition coefficient (Wildman–Crippen LogP) is 1.66. The molecule has 106 valence electrons. The highest BCUT2D eigenvalue weighted by Gasteiger charge is 2.10. The van der Waals surface area contributed by atoms with E-state index in [-0.39, 0.29) is 18.1 Å². The smallest absolute Gasteiger partial charge is 0.335 e. The molecule has 1 rings (SSSR count). The van der Waals surface area contributed by atoms with Crippen LogP contribution in [-0.2, 0) is 6.54 Å². The molecule has 1 aromatic rings. The highest BCUT2D eigenvalue weighted by atomic mass is 16.4. The molecule has 1 aromatic heterocycles. The second-order valence-electron chi connectivity index (χ2n) is 3.98. The lowest BCUT2D eigenvalue weighted by atomic mass is 10.2. The molecule has 0 saturated carbocycles. The van der Waals surface area contributed by atoms with E-state index < -0.39 is 5.97 Å². The van der Waals surface area contributed by atoms with Crippen LogP contribution in [0.25, 0.3) is 0 Å². The number of hydrogen-bond donors (Lipinski definition) is 2. The number of nitrogens with one attached hydrogen (secondary N) is 1. The highest BCUT2D eigenvalue weighted by Crippen LogP contribution is 2.02. The van der Waals surface area contributed by atoms with Crippen LogP contribution in [0.1, 0.15) is 16.1 Å². The van der Waals surface area contributed by atoms with Crippen molar-refractivity contribution in [1.82, 2.24) is 15.2 Å². The van der Waals surface area contributed by atoms with E-state index in [4.69, 9.17) is 5.11 Å². The number of aromatic carboxylic acids is 1. The Morgan fingerprint density at radius 3 is 2.55 bits per heavy atom. The Bertz CT molecular complexity index is 504. The maximum Gasteiger partial charge on any atom is 0.335 e. The molecule has 0 radical (unpaired) electrons. The lowest BCUT2D eigenvalue weighted by Crippen LogP contribution is -2.39. The summed E-state index contributed by atoms with van der Waals surface area (Å²) < 4.78 is 0. The van der Waals surface area contributed by atoms with Gasteiger partial charge in [0.15, 0.2) is 0 Å². The molecule has 20 heavy (non-hydrogen) atoms. The number of carbonyl (C=O) groups is 2. The first kappa shape index (κ1) is 15.4. The summed E-state index contributed by atoms with van der Waals surface area (Å²) >= 11 is 0. The van der Waals surface area contributed by atoms with Crippen molar-refractivity contribution in [3.8, 4) is 0 Å². The van der Waals surface area contributed by atoms with Crippen molar-refractivity contribution < 1.29 is 14.7 Å². The number of nitrogens with zero attached hydrogens (tertiary/aromatic N) is 2. The van der Waals surface area contributed by atoms with E-state index in [0.717, 1.165) is 0 Å². The van der Waals surface area contributed by atoms with Gasteiger partial charge in [-0.1, -0.05) is 12.2 Å². The molecule has 0 aliphatic rings. The molecule has 2 N–H and O–H groups in total. The Morgan fingerprint density at radius 2 is 2.00 bits per heavy atom. The monoisotopic (exact) mass is 275 g/mol. The van der Waals surface area contributed by atoms with E-state index >= 15 is 0 Å². The fourth-order valence-electron chi connectivity index (χ4n) is 1.54. The van der Waals surface area contributed by atoms with Crippen molar-refractivity contribution >= 4 is 12.0 Å². The van der Waals surface area contributed by atoms with Gasteiger partial charge in [0.2, 0.25) is 0 Å². The lowest BCUT2D eigenvalue weighted by molar-refractivity contribution is 0.0696. The van der Waals surface area contributed by atoms with Crippen LogP contribution < -0.4 is 5.32 Å². The minimum absolute atomic E-state index is 0.137. The van der Waals surface area contributed by atoms with Gasteiger partial charge in [-0.15, -0.1) is 13.2 Å². The van der Waals surface area contributed by atoms with Crippen LogP contribution >= 0.6 is 0 Å². The number of rotatable bonds is 7. The third kappa shape index (κ3) is 4.56. The summed E-state index contributed by atoms with van der Waals surface area (Å²) in [6, 6.07) is 2.54. The first-order valence-corrected chi connectivity index (χ1v) is 6.01. The maximum absolute atomic E-state index is 11.9. The van der Waals surface area contributed by atoms with Gasteiger partial charge in [0, 0.05) is 19.3 Å². The molecule has 0 unspecified atom stereocenters. The van der Waals surface area contributed by atoms with E-state index in [1.165, 1.54) is 23.2 Å². The molecule has 0 bridgehead atoms. The molecule has 0 atom stereocenters. The summed E-state index contributed by atoms with van der Waals surface area (Å²) in [5.41, 5.74) is 0.619. The van der Waals surface area contributed by atoms with Crippen molar-refractivity contribution in [1.29, 1.82) is 0 Å². The molecule has 6 nitrogen and oxygen atoms in total. The number of amides is 2. The second-order valence-corrected chi connectivity index (χ2v) is 3.98. The number of pyridine rings is 1. The van der Waals surface area contributed by atoms with Crippen LogP contribution in [0.3, 0.4) is 0 Å². The molecule has 6 heteroatoms. The van der Waals surface area contributed by atoms with Gasteiger partial charge in [-0.3, -0.25) is 4.98 Å². The van der Waals surface area contributed by atoms with E-state index in [0.29, 0.717) is 18.8 Å². The van der Waals surface area contributed by atoms with Gasteiger partial charge in [0.25, 0.3) is 0 Å². The number of carboxylic acid groups (broad SMARTS) is 1. The summed E-state index contributed by atoms with van der Waals surface area (Å²) in [6.07, 6.45) is 4.63. The summed E-state index contributed by atoms with van der Waals surface area (Å²) in [5, 5.41) is 11.5. The molecule has 0 saturated heterocycles. The van der Waals surface area contributed by atoms with Gasteiger partial charge in [0.1, 0.15) is 0 Å². The fourth-order valence-corrected chi connectivity index (χ4v) is 1.54. The Morgan fingerprint density at radius 1 is 1.35 bits per heavy atom. The molecule has 2 amide bonds. The molecule has 0 aliphatic heterocycles. The Labute approximate surface area is 117 Å². The first-order valence-electron chi connectivity index (χ1n) is 6.01. The molecule has 1 heterocycles. The zero-order valence-corrected chi connectivity index (χ0v) is 11.1. The Kier molecular flexibility index (Phi) is 5.96. The van der Waals surface area contributed by atoms with Crippen molar-refractivity contribution in [2.45, 2.75) is 6.54 Å². The quantitative estimate of drug-likeness (QED) is 0.741. The number of carbonyl (C=O) groups excluding carboxylic acids is 1. The SMILES string of the molecule is C=CCN(CC=C)C(=O)NCc1cc(C(=O)O)ccn1. The zero-order valence-electron chi connectivity index (χ0n) is 11.1. The fraction of sp³-hybridized carbons (Fsp3) is 0.214. The van der Waals surface area contributed by atoms with Crippen molar-refractivity contribution in [2.24, 2.45) is 0 Å². The van der Waals surface area contributed by atoms with E-state index in [1.807, 2.05) is 0 Å². The summed E-state index contributed by atoms with van der Waals surface area (Å²) in [7, 11) is 0. The summed E-state index contributed by atoms with van der Waals surface area (Å²) in [6.45, 7) is 8.13.